The van der Waals surface area contributed by atoms with Crippen molar-refractivity contribution in [3.05, 3.63) is 52.3 Å². The number of nitrogens with zero attached hydrogens (tertiary/aromatic N) is 4. The van der Waals surface area contributed by atoms with Gasteiger partial charge in [0.2, 0.25) is 0 Å². The molecule has 0 radical (unpaired) electrons. The maximum absolute atomic E-state index is 12.1. The largest absolute Gasteiger partial charge is 0.488 e. The van der Waals surface area contributed by atoms with E-state index < -0.39 is 5.60 Å². The Morgan fingerprint density at radius 3 is 2.83 bits per heavy atom. The van der Waals surface area contributed by atoms with Crippen molar-refractivity contribution >= 4 is 44.4 Å². The molecule has 10 heteroatoms. The van der Waals surface area contributed by atoms with Crippen LogP contribution >= 0.6 is 15.9 Å². The van der Waals surface area contributed by atoms with Crippen LogP contribution in [-0.2, 0) is 16.1 Å². The second-order valence-corrected chi connectivity index (χ2v) is 13.1. The van der Waals surface area contributed by atoms with Crippen LogP contribution in [0.1, 0.15) is 64.1 Å². The lowest BCUT2D eigenvalue weighted by atomic mass is 10.0. The van der Waals surface area contributed by atoms with E-state index in [1.807, 2.05) is 20.8 Å². The van der Waals surface area contributed by atoms with E-state index >= 15 is 0 Å². The lowest BCUT2D eigenvalue weighted by molar-refractivity contribution is 0.0276. The van der Waals surface area contributed by atoms with Gasteiger partial charge in [0, 0.05) is 38.2 Å². The van der Waals surface area contributed by atoms with Gasteiger partial charge in [0.05, 0.1) is 28.8 Å². The summed E-state index contributed by atoms with van der Waals surface area (Å²) in [6.45, 7) is 12.0. The molecule has 2 heterocycles. The van der Waals surface area contributed by atoms with Crippen LogP contribution in [0.3, 0.4) is 0 Å². The summed E-state index contributed by atoms with van der Waals surface area (Å²) < 4.78 is 18.3. The predicted octanol–water partition coefficient (Wildman–Crippen LogP) is 6.95. The summed E-state index contributed by atoms with van der Waals surface area (Å²) in [5, 5.41) is 4.59. The van der Waals surface area contributed by atoms with Gasteiger partial charge in [0.15, 0.2) is 5.75 Å². The van der Waals surface area contributed by atoms with E-state index in [4.69, 9.17) is 14.2 Å². The molecule has 9 nitrogen and oxygen atoms in total. The monoisotopic (exact) mass is 639 g/mol. The molecule has 3 aromatic rings. The molecule has 0 saturated heterocycles. The molecule has 226 valence electrons. The first kappa shape index (κ1) is 30.4. The van der Waals surface area contributed by atoms with Gasteiger partial charge in [-0.2, -0.15) is 0 Å². The first-order valence-electron chi connectivity index (χ1n) is 14.8. The van der Waals surface area contributed by atoms with E-state index in [1.165, 1.54) is 12.8 Å². The third-order valence-corrected chi connectivity index (χ3v) is 8.22. The number of fused-ring (bicyclic) bond motifs is 2. The van der Waals surface area contributed by atoms with E-state index in [-0.39, 0.29) is 12.1 Å². The Kier molecular flexibility index (Phi) is 9.42. The van der Waals surface area contributed by atoms with Gasteiger partial charge in [-0.15, -0.1) is 0 Å². The summed E-state index contributed by atoms with van der Waals surface area (Å²) in [6, 6.07) is 10.6. The summed E-state index contributed by atoms with van der Waals surface area (Å²) in [5.41, 5.74) is 3.68. The summed E-state index contributed by atoms with van der Waals surface area (Å²) >= 11 is 3.78. The number of carbonyl (C=O) groups excluding carboxylic acids is 1. The second kappa shape index (κ2) is 13.0. The zero-order valence-corrected chi connectivity index (χ0v) is 26.9. The molecule has 2 aliphatic rings. The molecule has 5 rings (SSSR count). The van der Waals surface area contributed by atoms with Crippen molar-refractivity contribution < 1.29 is 19.0 Å². The first-order valence-corrected chi connectivity index (χ1v) is 15.6. The minimum Gasteiger partial charge on any atom is -0.488 e. The highest BCUT2D eigenvalue weighted by molar-refractivity contribution is 9.10. The van der Waals surface area contributed by atoms with E-state index in [2.05, 4.69) is 73.4 Å². The normalized spacial score (nSPS) is 15.6. The number of hydrogen-bond donors (Lipinski definition) is 1. The van der Waals surface area contributed by atoms with Crippen LogP contribution in [0, 0.1) is 5.92 Å². The van der Waals surface area contributed by atoms with Crippen molar-refractivity contribution in [1.29, 1.82) is 0 Å². The molecule has 1 aliphatic carbocycles. The molecule has 2 aromatic carbocycles. The van der Waals surface area contributed by atoms with Crippen LogP contribution in [0.15, 0.2) is 41.1 Å². The number of hydrogen-bond acceptors (Lipinski definition) is 8. The Hall–Kier alpha value is -3.11. The highest BCUT2D eigenvalue weighted by Gasteiger charge is 2.30. The third kappa shape index (κ3) is 7.64. The number of nitrogens with one attached hydrogen (secondary N) is 1. The Bertz CT molecular complexity index is 1410. The van der Waals surface area contributed by atoms with Crippen LogP contribution in [0.25, 0.3) is 10.9 Å². The highest BCUT2D eigenvalue weighted by atomic mass is 79.9. The van der Waals surface area contributed by atoms with Crippen molar-refractivity contribution in [3.63, 3.8) is 0 Å². The molecule has 1 atom stereocenters. The third-order valence-electron chi connectivity index (χ3n) is 7.49. The molecule has 1 fully saturated rings. The fourth-order valence-electron chi connectivity index (χ4n) is 5.06. The van der Waals surface area contributed by atoms with Crippen LogP contribution < -0.4 is 15.0 Å². The van der Waals surface area contributed by atoms with E-state index in [9.17, 15) is 4.79 Å². The zero-order chi connectivity index (χ0) is 29.9. The van der Waals surface area contributed by atoms with Crippen molar-refractivity contribution in [2.24, 2.45) is 5.92 Å². The van der Waals surface area contributed by atoms with Crippen molar-refractivity contribution in [1.82, 2.24) is 14.9 Å². The fraction of sp³-hybridized carbons (Fsp3) is 0.531. The Balaban J connectivity index is 1.21. The van der Waals surface area contributed by atoms with Crippen molar-refractivity contribution in [2.45, 2.75) is 65.2 Å². The molecule has 1 unspecified atom stereocenters. The number of aromatic nitrogens is 2. The average Bonchev–Trinajstić information content (AvgIpc) is 3.77. The minimum absolute atomic E-state index is 0.0131. The fourth-order valence-corrected chi connectivity index (χ4v) is 5.70. The first-order chi connectivity index (χ1) is 20.1. The topological polar surface area (TPSA) is 89.1 Å². The molecule has 1 aliphatic heterocycles. The highest BCUT2D eigenvalue weighted by Crippen LogP contribution is 2.45. The lowest BCUT2D eigenvalue weighted by Gasteiger charge is -2.32. The van der Waals surface area contributed by atoms with Crippen molar-refractivity contribution in [2.75, 3.05) is 50.1 Å². The average molecular weight is 641 g/mol. The molecule has 1 N–H and O–H groups in total. The number of carbonyl (C=O) groups is 1. The van der Waals surface area contributed by atoms with Crippen LogP contribution in [0.5, 0.6) is 5.75 Å². The van der Waals surface area contributed by atoms with Gasteiger partial charge in [0.1, 0.15) is 24.4 Å². The molecule has 42 heavy (non-hydrogen) atoms. The summed E-state index contributed by atoms with van der Waals surface area (Å²) in [7, 11) is 1.75. The minimum atomic E-state index is -0.499. The molecular weight excluding hydrogens is 598 g/mol. The Morgan fingerprint density at radius 1 is 1.26 bits per heavy atom. The molecule has 1 aromatic heterocycles. The van der Waals surface area contributed by atoms with Crippen molar-refractivity contribution in [3.8, 4) is 5.75 Å². The quantitative estimate of drug-likeness (QED) is 0.226. The molecule has 0 spiro atoms. The second-order valence-electron chi connectivity index (χ2n) is 12.3. The van der Waals surface area contributed by atoms with E-state index in [0.717, 1.165) is 69.2 Å². The number of anilines is 2. The number of amides is 1. The molecule has 0 bridgehead atoms. The summed E-state index contributed by atoms with van der Waals surface area (Å²) in [4.78, 5) is 25.4. The lowest BCUT2D eigenvalue weighted by Crippen LogP contribution is -2.35. The molecule has 1 saturated carbocycles. The van der Waals surface area contributed by atoms with Gasteiger partial charge in [-0.3, -0.25) is 0 Å². The van der Waals surface area contributed by atoms with Crippen LogP contribution in [0.4, 0.5) is 16.3 Å². The SMILES string of the molecule is CC(Nc1ncnc2c(Br)c3c(cc12)N(CC1CC1)CCO3)c1cccc(COCCCN(C)C(=O)OC(C)(C)C)c1. The van der Waals surface area contributed by atoms with Gasteiger partial charge in [-0.1, -0.05) is 24.3 Å². The van der Waals surface area contributed by atoms with E-state index in [0.29, 0.717) is 26.4 Å². The number of halogens is 1. The van der Waals surface area contributed by atoms with Gasteiger partial charge >= 0.3 is 6.09 Å². The summed E-state index contributed by atoms with van der Waals surface area (Å²) in [5.74, 6) is 2.45. The maximum atomic E-state index is 12.1. The van der Waals surface area contributed by atoms with Gasteiger partial charge in [-0.05, 0) is 86.0 Å². The number of rotatable bonds is 11. The van der Waals surface area contributed by atoms with Gasteiger partial charge in [-0.25, -0.2) is 14.8 Å². The van der Waals surface area contributed by atoms with Crippen LogP contribution in [-0.4, -0.2) is 66.5 Å². The molecule has 1 amide bonds. The molecular formula is C32H42BrN5O4. The zero-order valence-electron chi connectivity index (χ0n) is 25.3. The predicted molar refractivity (Wildman–Crippen MR) is 169 cm³/mol. The number of ether oxygens (including phenoxy) is 3. The summed E-state index contributed by atoms with van der Waals surface area (Å²) in [6.07, 6.45) is 4.64. The van der Waals surface area contributed by atoms with Gasteiger partial charge in [0.25, 0.3) is 0 Å². The standard InChI is InChI=1S/C32H42BrN5O4/c1-21(24-9-6-8-23(16-24)19-40-14-7-12-37(5)31(39)42-32(2,3)4)36-30-25-17-26-29(27(33)28(25)34-20-35-30)41-15-13-38(26)18-22-10-11-22/h6,8-9,16-17,20-22H,7,10-15,18-19H2,1-5H3,(H,34,35,36). The van der Waals surface area contributed by atoms with E-state index in [1.54, 1.807) is 18.3 Å². The van der Waals surface area contributed by atoms with Crippen LogP contribution in [0.2, 0.25) is 0 Å². The van der Waals surface area contributed by atoms with Gasteiger partial charge < -0.3 is 29.3 Å². The maximum Gasteiger partial charge on any atom is 0.410 e. The Morgan fingerprint density at radius 2 is 2.07 bits per heavy atom. The Labute approximate surface area is 257 Å². The number of benzene rings is 2. The smallest absolute Gasteiger partial charge is 0.410 e.